The Balaban J connectivity index is 2.64. The van der Waals surface area contributed by atoms with E-state index in [0.29, 0.717) is 0 Å². The molecule has 0 aliphatic carbocycles. The Morgan fingerprint density at radius 2 is 1.73 bits per heavy atom. The molecule has 3 rings (SSSR count). The summed E-state index contributed by atoms with van der Waals surface area (Å²) >= 11 is 2.37. The highest BCUT2D eigenvalue weighted by atomic mass is 127. The molecular formula is C13H8IN. The van der Waals surface area contributed by atoms with E-state index in [4.69, 9.17) is 0 Å². The minimum atomic E-state index is 1.10. The largest absolute Gasteiger partial charge is 0.256 e. The van der Waals surface area contributed by atoms with Gasteiger partial charge in [-0.05, 0) is 40.1 Å². The summed E-state index contributed by atoms with van der Waals surface area (Å²) in [6, 6.07) is 14.7. The topological polar surface area (TPSA) is 12.9 Å². The number of halogens is 1. The standard InChI is InChI=1S/C13H8IN/c14-12-8-9-4-1-2-5-10(9)13-11(12)6-3-7-15-13/h1-8H. The monoisotopic (exact) mass is 305 g/mol. The summed E-state index contributed by atoms with van der Waals surface area (Å²) in [4.78, 5) is 4.47. The number of benzene rings is 2. The van der Waals surface area contributed by atoms with Gasteiger partial charge in [0.2, 0.25) is 0 Å². The van der Waals surface area contributed by atoms with Crippen molar-refractivity contribution in [3.63, 3.8) is 0 Å². The summed E-state index contributed by atoms with van der Waals surface area (Å²) in [6.45, 7) is 0. The van der Waals surface area contributed by atoms with Crippen LogP contribution in [0.5, 0.6) is 0 Å². The molecule has 0 N–H and O–H groups in total. The summed E-state index contributed by atoms with van der Waals surface area (Å²) in [5.41, 5.74) is 1.10. The van der Waals surface area contributed by atoms with E-state index in [0.717, 1.165) is 5.52 Å². The molecule has 2 heteroatoms. The molecule has 1 nitrogen and oxygen atoms in total. The number of pyridine rings is 1. The van der Waals surface area contributed by atoms with E-state index in [-0.39, 0.29) is 0 Å². The van der Waals surface area contributed by atoms with Crippen LogP contribution in [0, 0.1) is 3.57 Å². The van der Waals surface area contributed by atoms with Gasteiger partial charge in [-0.15, -0.1) is 0 Å². The average Bonchev–Trinajstić information content (AvgIpc) is 2.30. The summed E-state index contributed by atoms with van der Waals surface area (Å²) in [5.74, 6) is 0. The Hall–Kier alpha value is -1.16. The molecule has 2 aromatic carbocycles. The quantitative estimate of drug-likeness (QED) is 0.452. The molecule has 1 aromatic heterocycles. The van der Waals surface area contributed by atoms with E-state index in [1.54, 1.807) is 0 Å². The molecule has 0 radical (unpaired) electrons. The first-order valence-electron chi connectivity index (χ1n) is 4.78. The summed E-state index contributed by atoms with van der Waals surface area (Å²) < 4.78 is 1.26. The molecule has 0 aliphatic rings. The zero-order chi connectivity index (χ0) is 10.3. The highest BCUT2D eigenvalue weighted by Gasteiger charge is 2.03. The molecule has 0 saturated carbocycles. The third-order valence-electron chi connectivity index (χ3n) is 2.56. The van der Waals surface area contributed by atoms with Gasteiger partial charge in [0, 0.05) is 20.5 Å². The fourth-order valence-corrected chi connectivity index (χ4v) is 2.64. The number of nitrogens with zero attached hydrogens (tertiary/aromatic N) is 1. The lowest BCUT2D eigenvalue weighted by Crippen LogP contribution is -1.84. The van der Waals surface area contributed by atoms with Gasteiger partial charge in [-0.25, -0.2) is 0 Å². The first-order valence-corrected chi connectivity index (χ1v) is 5.86. The lowest BCUT2D eigenvalue weighted by molar-refractivity contribution is 1.42. The van der Waals surface area contributed by atoms with Gasteiger partial charge in [0.1, 0.15) is 0 Å². The predicted octanol–water partition coefficient (Wildman–Crippen LogP) is 3.99. The zero-order valence-electron chi connectivity index (χ0n) is 7.94. The van der Waals surface area contributed by atoms with E-state index in [9.17, 15) is 0 Å². The first kappa shape index (κ1) is 9.09. The van der Waals surface area contributed by atoms with Gasteiger partial charge in [-0.1, -0.05) is 30.3 Å². The molecule has 3 aromatic rings. The van der Waals surface area contributed by atoms with Crippen molar-refractivity contribution in [3.05, 3.63) is 52.2 Å². The van der Waals surface area contributed by atoms with Crippen molar-refractivity contribution in [2.75, 3.05) is 0 Å². The average molecular weight is 305 g/mol. The zero-order valence-corrected chi connectivity index (χ0v) is 10.1. The lowest BCUT2D eigenvalue weighted by atomic mass is 10.1. The second kappa shape index (κ2) is 3.45. The minimum absolute atomic E-state index is 1.10. The maximum Gasteiger partial charge on any atom is 0.0790 e. The van der Waals surface area contributed by atoms with E-state index in [2.05, 4.69) is 64.0 Å². The molecular weight excluding hydrogens is 297 g/mol. The lowest BCUT2D eigenvalue weighted by Gasteiger charge is -2.04. The van der Waals surface area contributed by atoms with Crippen LogP contribution in [0.3, 0.4) is 0 Å². The highest BCUT2D eigenvalue weighted by Crippen LogP contribution is 2.27. The van der Waals surface area contributed by atoms with Crippen LogP contribution in [0.4, 0.5) is 0 Å². The normalized spacial score (nSPS) is 11.0. The summed E-state index contributed by atoms with van der Waals surface area (Å²) in [5, 5.41) is 3.72. The SMILES string of the molecule is Ic1cc2ccccc2c2ncccc12. The molecule has 1 heterocycles. The summed E-state index contributed by atoms with van der Waals surface area (Å²) in [6.07, 6.45) is 1.85. The van der Waals surface area contributed by atoms with Crippen molar-refractivity contribution in [2.24, 2.45) is 0 Å². The number of hydrogen-bond donors (Lipinski definition) is 0. The van der Waals surface area contributed by atoms with Gasteiger partial charge < -0.3 is 0 Å². The number of aromatic nitrogens is 1. The number of rotatable bonds is 0. The van der Waals surface area contributed by atoms with Crippen LogP contribution in [-0.2, 0) is 0 Å². The van der Waals surface area contributed by atoms with E-state index >= 15 is 0 Å². The van der Waals surface area contributed by atoms with Crippen molar-refractivity contribution >= 4 is 44.3 Å². The van der Waals surface area contributed by atoms with Gasteiger partial charge in [0.05, 0.1) is 5.52 Å². The van der Waals surface area contributed by atoms with Gasteiger partial charge >= 0.3 is 0 Å². The smallest absolute Gasteiger partial charge is 0.0790 e. The Labute approximate surface area is 101 Å². The number of hydrogen-bond acceptors (Lipinski definition) is 1. The fourth-order valence-electron chi connectivity index (χ4n) is 1.87. The Kier molecular flexibility index (Phi) is 2.09. The highest BCUT2D eigenvalue weighted by molar-refractivity contribution is 14.1. The van der Waals surface area contributed by atoms with Crippen LogP contribution < -0.4 is 0 Å². The molecule has 0 fully saturated rings. The molecule has 0 spiro atoms. The van der Waals surface area contributed by atoms with Crippen molar-refractivity contribution in [1.82, 2.24) is 4.98 Å². The molecule has 15 heavy (non-hydrogen) atoms. The maximum absolute atomic E-state index is 4.47. The van der Waals surface area contributed by atoms with Crippen molar-refractivity contribution < 1.29 is 0 Å². The number of fused-ring (bicyclic) bond motifs is 3. The van der Waals surface area contributed by atoms with Crippen LogP contribution in [-0.4, -0.2) is 4.98 Å². The Morgan fingerprint density at radius 1 is 0.933 bits per heavy atom. The Bertz CT molecular complexity index is 646. The minimum Gasteiger partial charge on any atom is -0.256 e. The fraction of sp³-hybridized carbons (Fsp3) is 0. The second-order valence-corrected chi connectivity index (χ2v) is 4.64. The predicted molar refractivity (Wildman–Crippen MR) is 72.0 cm³/mol. The first-order chi connectivity index (χ1) is 7.36. The van der Waals surface area contributed by atoms with Crippen LogP contribution in [0.2, 0.25) is 0 Å². The summed E-state index contributed by atoms with van der Waals surface area (Å²) in [7, 11) is 0. The molecule has 0 amide bonds. The van der Waals surface area contributed by atoms with Gasteiger partial charge in [0.25, 0.3) is 0 Å². The van der Waals surface area contributed by atoms with Crippen molar-refractivity contribution in [1.29, 1.82) is 0 Å². The van der Waals surface area contributed by atoms with Crippen molar-refractivity contribution in [3.8, 4) is 0 Å². The third kappa shape index (κ3) is 1.40. The molecule has 0 unspecified atom stereocenters. The molecule has 0 bridgehead atoms. The van der Waals surface area contributed by atoms with Crippen LogP contribution in [0.1, 0.15) is 0 Å². The van der Waals surface area contributed by atoms with Crippen LogP contribution >= 0.6 is 22.6 Å². The molecule has 0 saturated heterocycles. The van der Waals surface area contributed by atoms with E-state index in [1.165, 1.54) is 19.7 Å². The van der Waals surface area contributed by atoms with Crippen LogP contribution in [0.25, 0.3) is 21.7 Å². The van der Waals surface area contributed by atoms with Crippen molar-refractivity contribution in [2.45, 2.75) is 0 Å². The van der Waals surface area contributed by atoms with Gasteiger partial charge in [0.15, 0.2) is 0 Å². The third-order valence-corrected chi connectivity index (χ3v) is 3.46. The van der Waals surface area contributed by atoms with E-state index < -0.39 is 0 Å². The Morgan fingerprint density at radius 3 is 2.67 bits per heavy atom. The second-order valence-electron chi connectivity index (χ2n) is 3.48. The van der Waals surface area contributed by atoms with Gasteiger partial charge in [-0.3, -0.25) is 4.98 Å². The molecule has 72 valence electrons. The van der Waals surface area contributed by atoms with E-state index in [1.807, 2.05) is 12.3 Å². The maximum atomic E-state index is 4.47. The van der Waals surface area contributed by atoms with Crippen LogP contribution in [0.15, 0.2) is 48.7 Å². The molecule has 0 atom stereocenters. The molecule has 0 aliphatic heterocycles. The van der Waals surface area contributed by atoms with Gasteiger partial charge in [-0.2, -0.15) is 0 Å².